The zero-order valence-electron chi connectivity index (χ0n) is 14.5. The number of ether oxygens (including phenoxy) is 1. The summed E-state index contributed by atoms with van der Waals surface area (Å²) in [7, 11) is 1.64. The summed E-state index contributed by atoms with van der Waals surface area (Å²) in [5.74, 6) is 1.45. The van der Waals surface area contributed by atoms with Crippen molar-refractivity contribution >= 4 is 22.5 Å². The van der Waals surface area contributed by atoms with Gasteiger partial charge in [-0.2, -0.15) is 5.10 Å². The van der Waals surface area contributed by atoms with E-state index in [9.17, 15) is 4.79 Å². The number of H-pyrrole nitrogens is 1. The number of aromatic nitrogens is 3. The van der Waals surface area contributed by atoms with Gasteiger partial charge in [0.25, 0.3) is 0 Å². The van der Waals surface area contributed by atoms with Crippen LogP contribution in [0.2, 0.25) is 0 Å². The van der Waals surface area contributed by atoms with Gasteiger partial charge in [-0.05, 0) is 49.4 Å². The third-order valence-corrected chi connectivity index (χ3v) is 4.93. The van der Waals surface area contributed by atoms with E-state index >= 15 is 0 Å². The van der Waals surface area contributed by atoms with E-state index in [1.165, 1.54) is 12.8 Å². The second-order valence-electron chi connectivity index (χ2n) is 6.74. The maximum absolute atomic E-state index is 12.4. The molecule has 6 heteroatoms. The minimum atomic E-state index is -0.0534. The van der Waals surface area contributed by atoms with Gasteiger partial charge in [0.05, 0.1) is 31.5 Å². The van der Waals surface area contributed by atoms with E-state index in [4.69, 9.17) is 4.74 Å². The summed E-state index contributed by atoms with van der Waals surface area (Å²) in [5.41, 5.74) is 2.69. The lowest BCUT2D eigenvalue weighted by Crippen LogP contribution is -2.14. The van der Waals surface area contributed by atoms with Gasteiger partial charge in [0, 0.05) is 23.3 Å². The molecule has 6 nitrogen and oxygen atoms in total. The lowest BCUT2D eigenvalue weighted by Gasteiger charge is -2.09. The SMILES string of the molecule is COc1ccc2[nH]cc(CC(=O)Nc3cnn(C(C)C4CC4)c3)c2c1. The largest absolute Gasteiger partial charge is 0.497 e. The van der Waals surface area contributed by atoms with Crippen molar-refractivity contribution in [3.63, 3.8) is 0 Å². The molecule has 2 N–H and O–H groups in total. The summed E-state index contributed by atoms with van der Waals surface area (Å²) < 4.78 is 7.22. The molecule has 2 heterocycles. The molecule has 0 bridgehead atoms. The Bertz CT molecular complexity index is 907. The molecule has 1 unspecified atom stereocenters. The molecule has 3 aromatic rings. The normalized spacial score (nSPS) is 15.3. The fourth-order valence-corrected chi connectivity index (χ4v) is 3.23. The molecule has 2 aromatic heterocycles. The predicted molar refractivity (Wildman–Crippen MR) is 96.8 cm³/mol. The standard InChI is InChI=1S/C19H22N4O2/c1-12(13-3-4-13)23-11-15(10-21-23)22-19(24)7-14-9-20-18-6-5-16(25-2)8-17(14)18/h5-6,8-13,20H,3-4,7H2,1-2H3,(H,22,24). The van der Waals surface area contributed by atoms with Crippen molar-refractivity contribution in [1.29, 1.82) is 0 Å². The third-order valence-electron chi connectivity index (χ3n) is 4.93. The highest BCUT2D eigenvalue weighted by atomic mass is 16.5. The summed E-state index contributed by atoms with van der Waals surface area (Å²) in [4.78, 5) is 15.6. The van der Waals surface area contributed by atoms with E-state index in [0.717, 1.165) is 33.8 Å². The fourth-order valence-electron chi connectivity index (χ4n) is 3.23. The number of carbonyl (C=O) groups excluding carboxylic acids is 1. The number of rotatable bonds is 6. The van der Waals surface area contributed by atoms with E-state index in [1.807, 2.05) is 35.3 Å². The van der Waals surface area contributed by atoms with E-state index in [2.05, 4.69) is 22.3 Å². The van der Waals surface area contributed by atoms with Crippen molar-refractivity contribution in [2.45, 2.75) is 32.2 Å². The molecule has 1 fully saturated rings. The number of nitrogens with zero attached hydrogens (tertiary/aromatic N) is 2. The van der Waals surface area contributed by atoms with Crippen LogP contribution in [0.5, 0.6) is 5.75 Å². The lowest BCUT2D eigenvalue weighted by molar-refractivity contribution is -0.115. The molecule has 130 valence electrons. The molecule has 0 radical (unpaired) electrons. The van der Waals surface area contributed by atoms with Crippen molar-refractivity contribution in [3.05, 3.63) is 42.4 Å². The molecule has 1 aliphatic rings. The van der Waals surface area contributed by atoms with Gasteiger partial charge in [-0.1, -0.05) is 0 Å². The van der Waals surface area contributed by atoms with Crippen molar-refractivity contribution in [1.82, 2.24) is 14.8 Å². The van der Waals surface area contributed by atoms with Gasteiger partial charge >= 0.3 is 0 Å². The maximum Gasteiger partial charge on any atom is 0.228 e. The first-order chi connectivity index (χ1) is 12.1. The zero-order chi connectivity index (χ0) is 17.4. The zero-order valence-corrected chi connectivity index (χ0v) is 14.5. The van der Waals surface area contributed by atoms with Crippen LogP contribution >= 0.6 is 0 Å². The Labute approximate surface area is 146 Å². The fraction of sp³-hybridized carbons (Fsp3) is 0.368. The first-order valence-electron chi connectivity index (χ1n) is 8.62. The number of hydrogen-bond donors (Lipinski definition) is 2. The highest BCUT2D eigenvalue weighted by Gasteiger charge is 2.29. The van der Waals surface area contributed by atoms with E-state index in [0.29, 0.717) is 12.5 Å². The summed E-state index contributed by atoms with van der Waals surface area (Å²) in [6.45, 7) is 2.18. The topological polar surface area (TPSA) is 71.9 Å². The van der Waals surface area contributed by atoms with Crippen LogP contribution < -0.4 is 10.1 Å². The molecule has 4 rings (SSSR count). The Morgan fingerprint density at radius 3 is 3.08 bits per heavy atom. The number of anilines is 1. The predicted octanol–water partition coefficient (Wildman–Crippen LogP) is 3.53. The Morgan fingerprint density at radius 2 is 2.32 bits per heavy atom. The first kappa shape index (κ1) is 15.7. The maximum atomic E-state index is 12.4. The highest BCUT2D eigenvalue weighted by Crippen LogP contribution is 2.39. The molecule has 0 saturated heterocycles. The monoisotopic (exact) mass is 338 g/mol. The van der Waals surface area contributed by atoms with Gasteiger partial charge in [0.1, 0.15) is 5.75 Å². The van der Waals surface area contributed by atoms with E-state index < -0.39 is 0 Å². The summed E-state index contributed by atoms with van der Waals surface area (Å²) >= 11 is 0. The average Bonchev–Trinajstić information content (AvgIpc) is 3.25. The first-order valence-corrected chi connectivity index (χ1v) is 8.62. The van der Waals surface area contributed by atoms with Crippen LogP contribution in [0.15, 0.2) is 36.8 Å². The molecule has 25 heavy (non-hydrogen) atoms. The van der Waals surface area contributed by atoms with Gasteiger partial charge in [-0.15, -0.1) is 0 Å². The molecule has 1 atom stereocenters. The quantitative estimate of drug-likeness (QED) is 0.722. The molecule has 1 aliphatic carbocycles. The number of hydrogen-bond acceptors (Lipinski definition) is 3. The number of benzene rings is 1. The van der Waals surface area contributed by atoms with Gasteiger partial charge in [-0.25, -0.2) is 0 Å². The molecular weight excluding hydrogens is 316 g/mol. The number of fused-ring (bicyclic) bond motifs is 1. The van der Waals surface area contributed by atoms with Gasteiger partial charge in [0.15, 0.2) is 0 Å². The number of aromatic amines is 1. The number of methoxy groups -OCH3 is 1. The second-order valence-corrected chi connectivity index (χ2v) is 6.74. The van der Waals surface area contributed by atoms with Gasteiger partial charge in [0.2, 0.25) is 5.91 Å². The third kappa shape index (κ3) is 3.24. The smallest absolute Gasteiger partial charge is 0.228 e. The molecule has 1 amide bonds. The molecule has 1 saturated carbocycles. The van der Waals surface area contributed by atoms with Crippen LogP contribution in [-0.2, 0) is 11.2 Å². The highest BCUT2D eigenvalue weighted by molar-refractivity contribution is 5.95. The van der Waals surface area contributed by atoms with Crippen LogP contribution in [0.4, 0.5) is 5.69 Å². The van der Waals surface area contributed by atoms with Gasteiger partial charge < -0.3 is 15.0 Å². The molecule has 1 aromatic carbocycles. The van der Waals surface area contributed by atoms with Gasteiger partial charge in [-0.3, -0.25) is 9.48 Å². The Kier molecular flexibility index (Phi) is 3.95. The van der Waals surface area contributed by atoms with Crippen LogP contribution in [0, 0.1) is 5.92 Å². The Balaban J connectivity index is 1.45. The van der Waals surface area contributed by atoms with E-state index in [1.54, 1.807) is 13.3 Å². The number of nitrogens with one attached hydrogen (secondary N) is 2. The minimum absolute atomic E-state index is 0.0534. The van der Waals surface area contributed by atoms with Crippen LogP contribution in [-0.4, -0.2) is 27.8 Å². The van der Waals surface area contributed by atoms with Crippen LogP contribution in [0.3, 0.4) is 0 Å². The summed E-state index contributed by atoms with van der Waals surface area (Å²) in [6.07, 6.45) is 8.35. The van der Waals surface area contributed by atoms with Crippen molar-refractivity contribution in [2.75, 3.05) is 12.4 Å². The summed E-state index contributed by atoms with van der Waals surface area (Å²) in [5, 5.41) is 8.33. The van der Waals surface area contributed by atoms with Crippen molar-refractivity contribution in [2.24, 2.45) is 5.92 Å². The molecular formula is C19H22N4O2. The lowest BCUT2D eigenvalue weighted by atomic mass is 10.1. The Morgan fingerprint density at radius 1 is 1.48 bits per heavy atom. The van der Waals surface area contributed by atoms with Crippen LogP contribution in [0.25, 0.3) is 10.9 Å². The Hall–Kier alpha value is -2.76. The second kappa shape index (κ2) is 6.27. The average molecular weight is 338 g/mol. The number of carbonyl (C=O) groups is 1. The number of amides is 1. The van der Waals surface area contributed by atoms with Crippen LogP contribution in [0.1, 0.15) is 31.4 Å². The minimum Gasteiger partial charge on any atom is -0.497 e. The van der Waals surface area contributed by atoms with Crippen molar-refractivity contribution in [3.8, 4) is 5.75 Å². The molecule has 0 spiro atoms. The van der Waals surface area contributed by atoms with E-state index in [-0.39, 0.29) is 5.91 Å². The summed E-state index contributed by atoms with van der Waals surface area (Å²) in [6, 6.07) is 6.20. The molecule has 0 aliphatic heterocycles. The van der Waals surface area contributed by atoms with Crippen molar-refractivity contribution < 1.29 is 9.53 Å².